The summed E-state index contributed by atoms with van der Waals surface area (Å²) in [5.74, 6) is 2.00. The average molecular weight is 286 g/mol. The van der Waals surface area contributed by atoms with Crippen LogP contribution in [0.25, 0.3) is 0 Å². The molecule has 0 fully saturated rings. The van der Waals surface area contributed by atoms with E-state index >= 15 is 0 Å². The van der Waals surface area contributed by atoms with Crippen LogP contribution in [0.1, 0.15) is 37.9 Å². The summed E-state index contributed by atoms with van der Waals surface area (Å²) in [6, 6.07) is 12.6. The van der Waals surface area contributed by atoms with Gasteiger partial charge in [0.2, 0.25) is 0 Å². The predicted molar refractivity (Wildman–Crippen MR) is 88.6 cm³/mol. The summed E-state index contributed by atoms with van der Waals surface area (Å²) in [5, 5.41) is 3.46. The second-order valence-electron chi connectivity index (χ2n) is 6.59. The van der Waals surface area contributed by atoms with Gasteiger partial charge in [0.15, 0.2) is 0 Å². The molecular formula is C18H26N2O. The van der Waals surface area contributed by atoms with Crippen LogP contribution in [0.2, 0.25) is 0 Å². The summed E-state index contributed by atoms with van der Waals surface area (Å²) in [7, 11) is 2.11. The Balaban J connectivity index is 2.02. The molecule has 1 heterocycles. The van der Waals surface area contributed by atoms with Gasteiger partial charge < -0.3 is 14.6 Å². The first-order valence-electron chi connectivity index (χ1n) is 7.44. The van der Waals surface area contributed by atoms with Crippen LogP contribution in [-0.2, 0) is 13.1 Å². The van der Waals surface area contributed by atoms with Gasteiger partial charge in [-0.05, 0) is 45.9 Å². The van der Waals surface area contributed by atoms with E-state index in [0.29, 0.717) is 0 Å². The highest BCUT2D eigenvalue weighted by atomic mass is 16.3. The van der Waals surface area contributed by atoms with Crippen molar-refractivity contribution in [2.45, 2.75) is 46.3 Å². The maximum absolute atomic E-state index is 5.86. The van der Waals surface area contributed by atoms with Crippen molar-refractivity contribution in [3.8, 4) is 0 Å². The van der Waals surface area contributed by atoms with Crippen LogP contribution in [0, 0.1) is 6.92 Å². The summed E-state index contributed by atoms with van der Waals surface area (Å²) in [6.45, 7) is 10.1. The zero-order chi connectivity index (χ0) is 15.5. The van der Waals surface area contributed by atoms with Crippen molar-refractivity contribution in [3.63, 3.8) is 0 Å². The number of para-hydroxylation sites is 1. The standard InChI is InChI=1S/C18H26N2O/c1-14-15(11-17(21-14)12-19-18(2,3)4)13-20(5)16-9-7-6-8-10-16/h6-11,19H,12-13H2,1-5H3. The van der Waals surface area contributed by atoms with E-state index in [0.717, 1.165) is 24.6 Å². The highest BCUT2D eigenvalue weighted by molar-refractivity contribution is 5.46. The topological polar surface area (TPSA) is 28.4 Å². The van der Waals surface area contributed by atoms with Gasteiger partial charge in [-0.2, -0.15) is 0 Å². The van der Waals surface area contributed by atoms with E-state index < -0.39 is 0 Å². The Kier molecular flexibility index (Phi) is 4.73. The molecule has 0 aliphatic rings. The second-order valence-corrected chi connectivity index (χ2v) is 6.59. The number of nitrogens with zero attached hydrogens (tertiary/aromatic N) is 1. The van der Waals surface area contributed by atoms with E-state index in [2.05, 4.69) is 68.4 Å². The minimum atomic E-state index is 0.0989. The number of furan rings is 1. The minimum Gasteiger partial charge on any atom is -0.465 e. The number of hydrogen-bond acceptors (Lipinski definition) is 3. The number of hydrogen-bond donors (Lipinski definition) is 1. The maximum Gasteiger partial charge on any atom is 0.118 e. The zero-order valence-electron chi connectivity index (χ0n) is 13.7. The molecule has 0 unspecified atom stereocenters. The van der Waals surface area contributed by atoms with Crippen molar-refractivity contribution < 1.29 is 4.42 Å². The molecule has 0 aliphatic carbocycles. The van der Waals surface area contributed by atoms with Gasteiger partial charge in [-0.1, -0.05) is 18.2 Å². The molecule has 2 aromatic rings. The number of benzene rings is 1. The number of aryl methyl sites for hydroxylation is 1. The molecule has 21 heavy (non-hydrogen) atoms. The maximum atomic E-state index is 5.86. The van der Waals surface area contributed by atoms with Crippen LogP contribution >= 0.6 is 0 Å². The number of rotatable bonds is 5. The van der Waals surface area contributed by atoms with Gasteiger partial charge in [0.1, 0.15) is 11.5 Å². The predicted octanol–water partition coefficient (Wildman–Crippen LogP) is 4.11. The van der Waals surface area contributed by atoms with Crippen molar-refractivity contribution in [1.29, 1.82) is 0 Å². The monoisotopic (exact) mass is 286 g/mol. The van der Waals surface area contributed by atoms with E-state index in [-0.39, 0.29) is 5.54 Å². The van der Waals surface area contributed by atoms with Crippen molar-refractivity contribution in [2.75, 3.05) is 11.9 Å². The molecular weight excluding hydrogens is 260 g/mol. The normalized spacial score (nSPS) is 11.7. The molecule has 0 amide bonds. The van der Waals surface area contributed by atoms with Gasteiger partial charge in [-0.15, -0.1) is 0 Å². The lowest BCUT2D eigenvalue weighted by Crippen LogP contribution is -2.34. The Labute approximate surface area is 128 Å². The van der Waals surface area contributed by atoms with Crippen molar-refractivity contribution in [3.05, 3.63) is 53.5 Å². The molecule has 3 nitrogen and oxygen atoms in total. The van der Waals surface area contributed by atoms with Crippen LogP contribution in [0.5, 0.6) is 0 Å². The molecule has 0 saturated carbocycles. The van der Waals surface area contributed by atoms with E-state index in [1.165, 1.54) is 11.3 Å². The molecule has 0 atom stereocenters. The van der Waals surface area contributed by atoms with E-state index in [4.69, 9.17) is 4.42 Å². The lowest BCUT2D eigenvalue weighted by molar-refractivity contribution is 0.382. The molecule has 0 bridgehead atoms. The Morgan fingerprint density at radius 2 is 1.81 bits per heavy atom. The molecule has 0 radical (unpaired) electrons. The third kappa shape index (κ3) is 4.64. The Hall–Kier alpha value is -1.74. The number of anilines is 1. The first kappa shape index (κ1) is 15.6. The smallest absolute Gasteiger partial charge is 0.118 e. The third-order valence-corrected chi connectivity index (χ3v) is 3.47. The molecule has 0 saturated heterocycles. The van der Waals surface area contributed by atoms with Crippen LogP contribution < -0.4 is 10.2 Å². The molecule has 0 aliphatic heterocycles. The van der Waals surface area contributed by atoms with E-state index in [1.54, 1.807) is 0 Å². The lowest BCUT2D eigenvalue weighted by atomic mass is 10.1. The minimum absolute atomic E-state index is 0.0989. The lowest BCUT2D eigenvalue weighted by Gasteiger charge is -2.19. The first-order valence-corrected chi connectivity index (χ1v) is 7.44. The van der Waals surface area contributed by atoms with Crippen LogP contribution in [0.15, 0.2) is 40.8 Å². The SMILES string of the molecule is Cc1oc(CNC(C)(C)C)cc1CN(C)c1ccccc1. The fourth-order valence-electron chi connectivity index (χ4n) is 2.21. The fourth-order valence-corrected chi connectivity index (χ4v) is 2.21. The summed E-state index contributed by atoms with van der Waals surface area (Å²) < 4.78 is 5.86. The Bertz CT molecular complexity index is 567. The van der Waals surface area contributed by atoms with Crippen LogP contribution in [0.4, 0.5) is 5.69 Å². The van der Waals surface area contributed by atoms with Crippen molar-refractivity contribution >= 4 is 5.69 Å². The fraction of sp³-hybridized carbons (Fsp3) is 0.444. The Morgan fingerprint density at radius 1 is 1.14 bits per heavy atom. The summed E-state index contributed by atoms with van der Waals surface area (Å²) in [6.07, 6.45) is 0. The quantitative estimate of drug-likeness (QED) is 0.896. The van der Waals surface area contributed by atoms with Crippen molar-refractivity contribution in [1.82, 2.24) is 5.32 Å². The second kappa shape index (κ2) is 6.35. The van der Waals surface area contributed by atoms with Gasteiger partial charge in [0.05, 0.1) is 6.54 Å². The van der Waals surface area contributed by atoms with Crippen LogP contribution in [0.3, 0.4) is 0 Å². The largest absolute Gasteiger partial charge is 0.465 e. The highest BCUT2D eigenvalue weighted by Crippen LogP contribution is 2.20. The molecule has 1 N–H and O–H groups in total. The van der Waals surface area contributed by atoms with Gasteiger partial charge in [-0.3, -0.25) is 0 Å². The van der Waals surface area contributed by atoms with Gasteiger partial charge in [-0.25, -0.2) is 0 Å². The highest BCUT2D eigenvalue weighted by Gasteiger charge is 2.13. The Morgan fingerprint density at radius 3 is 2.43 bits per heavy atom. The molecule has 0 spiro atoms. The van der Waals surface area contributed by atoms with Gasteiger partial charge in [0, 0.05) is 30.4 Å². The molecule has 1 aromatic carbocycles. The third-order valence-electron chi connectivity index (χ3n) is 3.47. The molecule has 114 valence electrons. The molecule has 2 rings (SSSR count). The van der Waals surface area contributed by atoms with Gasteiger partial charge >= 0.3 is 0 Å². The summed E-state index contributed by atoms with van der Waals surface area (Å²) in [4.78, 5) is 2.23. The summed E-state index contributed by atoms with van der Waals surface area (Å²) in [5.41, 5.74) is 2.56. The first-order chi connectivity index (χ1) is 9.85. The van der Waals surface area contributed by atoms with Crippen molar-refractivity contribution in [2.24, 2.45) is 0 Å². The van der Waals surface area contributed by atoms with E-state index in [9.17, 15) is 0 Å². The molecule has 3 heteroatoms. The summed E-state index contributed by atoms with van der Waals surface area (Å²) >= 11 is 0. The average Bonchev–Trinajstić information content (AvgIpc) is 2.77. The number of nitrogens with one attached hydrogen (secondary N) is 1. The van der Waals surface area contributed by atoms with E-state index in [1.807, 2.05) is 13.0 Å². The molecule has 1 aromatic heterocycles. The van der Waals surface area contributed by atoms with Crippen LogP contribution in [-0.4, -0.2) is 12.6 Å². The zero-order valence-corrected chi connectivity index (χ0v) is 13.7. The van der Waals surface area contributed by atoms with Gasteiger partial charge in [0.25, 0.3) is 0 Å².